The monoisotopic (exact) mass is 245 g/mol. The molecule has 0 fully saturated rings. The molecule has 0 spiro atoms. The summed E-state index contributed by atoms with van der Waals surface area (Å²) >= 11 is 0. The van der Waals surface area contributed by atoms with E-state index in [2.05, 4.69) is 6.58 Å². The van der Waals surface area contributed by atoms with Crippen LogP contribution >= 0.6 is 0 Å². The molecule has 0 aliphatic heterocycles. The Morgan fingerprint density at radius 2 is 2.22 bits per heavy atom. The summed E-state index contributed by atoms with van der Waals surface area (Å²) in [4.78, 5) is 11.9. The van der Waals surface area contributed by atoms with Gasteiger partial charge in [0, 0.05) is 18.0 Å². The lowest BCUT2D eigenvalue weighted by atomic mass is 10.1. The summed E-state index contributed by atoms with van der Waals surface area (Å²) in [6, 6.07) is 6.73. The van der Waals surface area contributed by atoms with E-state index in [4.69, 9.17) is 4.74 Å². The van der Waals surface area contributed by atoms with E-state index in [0.29, 0.717) is 29.5 Å². The topological polar surface area (TPSA) is 51.5 Å². The number of hydrogen-bond donors (Lipinski definition) is 1. The Kier molecular flexibility index (Phi) is 3.37. The van der Waals surface area contributed by atoms with Crippen LogP contribution < -0.4 is 10.3 Å². The van der Waals surface area contributed by atoms with Gasteiger partial charge in [0.05, 0.1) is 7.11 Å². The zero-order valence-electron chi connectivity index (χ0n) is 10.2. The summed E-state index contributed by atoms with van der Waals surface area (Å²) < 4.78 is 6.44. The first-order valence-corrected chi connectivity index (χ1v) is 5.69. The molecule has 4 heteroatoms. The normalized spacial score (nSPS) is 10.5. The second-order valence-corrected chi connectivity index (χ2v) is 3.99. The summed E-state index contributed by atoms with van der Waals surface area (Å²) in [5.41, 5.74) is -0.227. The molecule has 0 aliphatic carbocycles. The number of aromatic nitrogens is 1. The van der Waals surface area contributed by atoms with Crippen molar-refractivity contribution < 1.29 is 9.84 Å². The molecule has 18 heavy (non-hydrogen) atoms. The van der Waals surface area contributed by atoms with Crippen LogP contribution in [0, 0.1) is 0 Å². The Hall–Kier alpha value is -2.23. The molecule has 0 unspecified atom stereocenters. The number of allylic oxidation sites excluding steroid dienone is 1. The molecule has 0 atom stereocenters. The lowest BCUT2D eigenvalue weighted by molar-refractivity contribution is 0.412. The zero-order chi connectivity index (χ0) is 13.1. The fourth-order valence-electron chi connectivity index (χ4n) is 1.89. The van der Waals surface area contributed by atoms with Crippen LogP contribution in [0.25, 0.3) is 10.8 Å². The van der Waals surface area contributed by atoms with Crippen LogP contribution in [0.1, 0.15) is 6.42 Å². The summed E-state index contributed by atoms with van der Waals surface area (Å²) in [5.74, 6) is 0.646. The predicted molar refractivity (Wildman–Crippen MR) is 71.2 cm³/mol. The fourth-order valence-corrected chi connectivity index (χ4v) is 1.89. The number of nitrogens with zero attached hydrogens (tertiary/aromatic N) is 1. The van der Waals surface area contributed by atoms with Gasteiger partial charge in [0.1, 0.15) is 5.75 Å². The van der Waals surface area contributed by atoms with E-state index in [1.807, 2.05) is 0 Å². The maximum Gasteiger partial charge on any atom is 0.253 e. The first-order valence-electron chi connectivity index (χ1n) is 5.69. The molecule has 0 saturated carbocycles. The molecule has 0 aliphatic rings. The van der Waals surface area contributed by atoms with Crippen molar-refractivity contribution in [2.75, 3.05) is 7.11 Å². The Bertz CT molecular complexity index is 643. The average molecular weight is 245 g/mol. The number of ether oxygens (including phenoxy) is 1. The van der Waals surface area contributed by atoms with Crippen LogP contribution in [0.3, 0.4) is 0 Å². The van der Waals surface area contributed by atoms with Crippen LogP contribution in [0.4, 0.5) is 0 Å². The third-order valence-corrected chi connectivity index (χ3v) is 2.86. The molecule has 1 N–H and O–H groups in total. The van der Waals surface area contributed by atoms with Crippen LogP contribution in [-0.2, 0) is 6.54 Å². The Balaban J connectivity index is 2.63. The number of aromatic hydroxyl groups is 1. The zero-order valence-corrected chi connectivity index (χ0v) is 10.2. The molecular formula is C14H15NO3. The third-order valence-electron chi connectivity index (χ3n) is 2.86. The lowest BCUT2D eigenvalue weighted by Crippen LogP contribution is -2.18. The van der Waals surface area contributed by atoms with E-state index < -0.39 is 0 Å². The highest BCUT2D eigenvalue weighted by molar-refractivity contribution is 5.87. The largest absolute Gasteiger partial charge is 0.497 e. The van der Waals surface area contributed by atoms with E-state index in [0.717, 1.165) is 0 Å². The average Bonchev–Trinajstić information content (AvgIpc) is 2.38. The van der Waals surface area contributed by atoms with Gasteiger partial charge in [-0.1, -0.05) is 6.08 Å². The maximum atomic E-state index is 11.9. The first-order chi connectivity index (χ1) is 8.67. The van der Waals surface area contributed by atoms with E-state index in [9.17, 15) is 9.90 Å². The SMILES string of the molecule is C=CCCn1c(O)c2ccc(OC)cc2cc1=O. The molecule has 0 amide bonds. The summed E-state index contributed by atoms with van der Waals surface area (Å²) in [6.45, 7) is 4.03. The van der Waals surface area contributed by atoms with Crippen molar-refractivity contribution in [2.45, 2.75) is 13.0 Å². The second kappa shape index (κ2) is 4.96. The third kappa shape index (κ3) is 2.09. The molecule has 0 bridgehead atoms. The Labute approximate surface area is 105 Å². The quantitative estimate of drug-likeness (QED) is 0.841. The molecular weight excluding hydrogens is 230 g/mol. The molecule has 1 heterocycles. The van der Waals surface area contributed by atoms with Crippen molar-refractivity contribution in [2.24, 2.45) is 0 Å². The molecule has 2 rings (SSSR count). The number of pyridine rings is 1. The van der Waals surface area contributed by atoms with Crippen molar-refractivity contribution in [1.82, 2.24) is 4.57 Å². The molecule has 4 nitrogen and oxygen atoms in total. The van der Waals surface area contributed by atoms with Gasteiger partial charge in [0.25, 0.3) is 5.56 Å². The van der Waals surface area contributed by atoms with Gasteiger partial charge in [-0.05, 0) is 30.0 Å². The van der Waals surface area contributed by atoms with E-state index in [-0.39, 0.29) is 11.4 Å². The lowest BCUT2D eigenvalue weighted by Gasteiger charge is -2.10. The smallest absolute Gasteiger partial charge is 0.253 e. The van der Waals surface area contributed by atoms with Crippen LogP contribution in [0.5, 0.6) is 11.6 Å². The minimum absolute atomic E-state index is 0.0120. The molecule has 2 aromatic rings. The number of rotatable bonds is 4. The van der Waals surface area contributed by atoms with Crippen LogP contribution in [0.15, 0.2) is 41.7 Å². The molecule has 0 saturated heterocycles. The maximum absolute atomic E-state index is 11.9. The number of hydrogen-bond acceptors (Lipinski definition) is 3. The highest BCUT2D eigenvalue weighted by Gasteiger charge is 2.08. The van der Waals surface area contributed by atoms with Gasteiger partial charge in [-0.15, -0.1) is 6.58 Å². The molecule has 1 aromatic heterocycles. The van der Waals surface area contributed by atoms with Crippen molar-refractivity contribution in [3.05, 3.63) is 47.3 Å². The van der Waals surface area contributed by atoms with Gasteiger partial charge in [-0.3, -0.25) is 9.36 Å². The standard InChI is InChI=1S/C14H15NO3/c1-3-4-7-15-13(16)9-10-8-11(18-2)5-6-12(10)14(15)17/h3,5-6,8-9,17H,1,4,7H2,2H3. The van der Waals surface area contributed by atoms with Crippen LogP contribution in [0.2, 0.25) is 0 Å². The van der Waals surface area contributed by atoms with E-state index in [1.54, 1.807) is 31.4 Å². The highest BCUT2D eigenvalue weighted by atomic mass is 16.5. The summed E-state index contributed by atoms with van der Waals surface area (Å²) in [7, 11) is 1.56. The van der Waals surface area contributed by atoms with Gasteiger partial charge >= 0.3 is 0 Å². The second-order valence-electron chi connectivity index (χ2n) is 3.99. The van der Waals surface area contributed by atoms with E-state index >= 15 is 0 Å². The van der Waals surface area contributed by atoms with Crippen LogP contribution in [-0.4, -0.2) is 16.8 Å². The van der Waals surface area contributed by atoms with Gasteiger partial charge < -0.3 is 9.84 Å². The summed E-state index contributed by atoms with van der Waals surface area (Å²) in [6.07, 6.45) is 2.35. The van der Waals surface area contributed by atoms with Crippen molar-refractivity contribution >= 4 is 10.8 Å². The predicted octanol–water partition coefficient (Wildman–Crippen LogP) is 2.29. The minimum Gasteiger partial charge on any atom is -0.497 e. The van der Waals surface area contributed by atoms with E-state index in [1.165, 1.54) is 10.6 Å². The van der Waals surface area contributed by atoms with Gasteiger partial charge in [0.15, 0.2) is 0 Å². The highest BCUT2D eigenvalue weighted by Crippen LogP contribution is 2.26. The van der Waals surface area contributed by atoms with Crippen molar-refractivity contribution in [1.29, 1.82) is 0 Å². The molecule has 94 valence electrons. The molecule has 1 aromatic carbocycles. The van der Waals surface area contributed by atoms with Crippen molar-refractivity contribution in [3.8, 4) is 11.6 Å². The molecule has 0 radical (unpaired) electrons. The summed E-state index contributed by atoms with van der Waals surface area (Å²) in [5, 5.41) is 11.4. The minimum atomic E-state index is -0.227. The fraction of sp³-hybridized carbons (Fsp3) is 0.214. The Morgan fingerprint density at radius 3 is 2.89 bits per heavy atom. The number of methoxy groups -OCH3 is 1. The number of fused-ring (bicyclic) bond motifs is 1. The van der Waals surface area contributed by atoms with Gasteiger partial charge in [-0.25, -0.2) is 0 Å². The number of benzene rings is 1. The van der Waals surface area contributed by atoms with Gasteiger partial charge in [-0.2, -0.15) is 0 Å². The Morgan fingerprint density at radius 1 is 1.44 bits per heavy atom. The first kappa shape index (κ1) is 12.2. The van der Waals surface area contributed by atoms with Gasteiger partial charge in [0.2, 0.25) is 5.88 Å². The van der Waals surface area contributed by atoms with Crippen molar-refractivity contribution in [3.63, 3.8) is 0 Å².